The van der Waals surface area contributed by atoms with Crippen LogP contribution in [-0.2, 0) is 0 Å². The lowest BCUT2D eigenvalue weighted by Gasteiger charge is -2.21. The highest BCUT2D eigenvalue weighted by atomic mass is 31.2. The highest BCUT2D eigenvalue weighted by Crippen LogP contribution is 2.61. The molecule has 1 heterocycles. The average Bonchev–Trinajstić information content (AvgIpc) is 2.53. The van der Waals surface area contributed by atoms with Crippen molar-refractivity contribution in [1.82, 2.24) is 0 Å². The van der Waals surface area contributed by atoms with Gasteiger partial charge in [-0.2, -0.15) is 0 Å². The molecule has 0 unspecified atom stereocenters. The first-order chi connectivity index (χ1) is 6.27. The molecule has 0 aromatic heterocycles. The van der Waals surface area contributed by atoms with Crippen molar-refractivity contribution < 1.29 is 0 Å². The summed E-state index contributed by atoms with van der Waals surface area (Å²) in [7, 11) is -0.730. The maximum absolute atomic E-state index is 2.44. The predicted molar refractivity (Wildman–Crippen MR) is 64.8 cm³/mol. The second-order valence-electron chi connectivity index (χ2n) is 4.17. The number of hydrogen-bond acceptors (Lipinski definition) is 0. The molecule has 1 aliphatic rings. The first kappa shape index (κ1) is 11.0. The number of unbranched alkanes of at least 4 members (excludes halogenated alkanes) is 4. The molecule has 0 bridgehead atoms. The van der Waals surface area contributed by atoms with E-state index >= 15 is 0 Å². The Labute approximate surface area is 83.5 Å². The first-order valence-corrected chi connectivity index (χ1v) is 8.05. The summed E-state index contributed by atoms with van der Waals surface area (Å²) in [6.45, 7) is 4.71. The molecule has 0 aromatic carbocycles. The van der Waals surface area contributed by atoms with Gasteiger partial charge in [0.1, 0.15) is 0 Å². The van der Waals surface area contributed by atoms with Gasteiger partial charge in [-0.25, -0.2) is 0 Å². The minimum absolute atomic E-state index is 0.730. The van der Waals surface area contributed by atoms with E-state index in [0.717, 1.165) is 0 Å². The van der Waals surface area contributed by atoms with E-state index in [0.29, 0.717) is 0 Å². The SMILES string of the molecule is CCCCCCC[P]1(C)C=CC=C1. The highest BCUT2D eigenvalue weighted by Gasteiger charge is 2.15. The van der Waals surface area contributed by atoms with Crippen molar-refractivity contribution in [2.24, 2.45) is 0 Å². The standard InChI is InChI=1S/C12H22P/c1-3-4-5-6-7-10-13(2)11-8-9-12-13/h8-9,11-12H,3-7,10H2,1-2H3. The zero-order valence-electron chi connectivity index (χ0n) is 9.00. The number of rotatable bonds is 6. The summed E-state index contributed by atoms with van der Waals surface area (Å²) in [6.07, 6.45) is 12.9. The zero-order valence-corrected chi connectivity index (χ0v) is 9.89. The molecular formula is C12H22P. The van der Waals surface area contributed by atoms with E-state index in [4.69, 9.17) is 0 Å². The lowest BCUT2D eigenvalue weighted by Crippen LogP contribution is -1.90. The van der Waals surface area contributed by atoms with E-state index < -0.39 is 7.26 Å². The Bertz CT molecular complexity index is 179. The van der Waals surface area contributed by atoms with Crippen LogP contribution in [0.25, 0.3) is 0 Å². The topological polar surface area (TPSA) is 0 Å². The third-order valence-corrected chi connectivity index (χ3v) is 5.69. The van der Waals surface area contributed by atoms with Crippen LogP contribution < -0.4 is 0 Å². The van der Waals surface area contributed by atoms with Gasteiger partial charge in [0.25, 0.3) is 0 Å². The smallest absolute Gasteiger partial charge is 0.0297 e. The fourth-order valence-corrected chi connectivity index (χ4v) is 4.04. The molecule has 1 rings (SSSR count). The van der Waals surface area contributed by atoms with Crippen molar-refractivity contribution in [1.29, 1.82) is 0 Å². The summed E-state index contributed by atoms with van der Waals surface area (Å²) in [5, 5.41) is 0. The van der Waals surface area contributed by atoms with Gasteiger partial charge in [0, 0.05) is 0 Å². The van der Waals surface area contributed by atoms with Gasteiger partial charge in [0.2, 0.25) is 0 Å². The van der Waals surface area contributed by atoms with Crippen LogP contribution in [-0.4, -0.2) is 12.8 Å². The Hall–Kier alpha value is -0.0900. The number of hydrogen-bond donors (Lipinski definition) is 0. The Morgan fingerprint density at radius 1 is 0.923 bits per heavy atom. The summed E-state index contributed by atoms with van der Waals surface area (Å²) in [5.41, 5.74) is 0. The average molecular weight is 197 g/mol. The molecular weight excluding hydrogens is 175 g/mol. The van der Waals surface area contributed by atoms with E-state index in [-0.39, 0.29) is 0 Å². The van der Waals surface area contributed by atoms with Crippen LogP contribution in [0.2, 0.25) is 0 Å². The van der Waals surface area contributed by atoms with Gasteiger partial charge < -0.3 is 0 Å². The molecule has 0 fully saturated rings. The number of allylic oxidation sites excluding steroid dienone is 2. The molecule has 0 spiro atoms. The second-order valence-corrected chi connectivity index (χ2v) is 7.90. The van der Waals surface area contributed by atoms with E-state index in [1.54, 1.807) is 0 Å². The lowest BCUT2D eigenvalue weighted by molar-refractivity contribution is 0.658. The van der Waals surface area contributed by atoms with Crippen LogP contribution in [0.3, 0.4) is 0 Å². The normalized spacial score (nSPS) is 18.3. The Morgan fingerprint density at radius 3 is 2.15 bits per heavy atom. The minimum Gasteiger partial charge on any atom is -0.0877 e. The Morgan fingerprint density at radius 2 is 1.54 bits per heavy atom. The van der Waals surface area contributed by atoms with Crippen LogP contribution in [0.4, 0.5) is 0 Å². The third kappa shape index (κ3) is 4.09. The molecule has 0 aliphatic carbocycles. The lowest BCUT2D eigenvalue weighted by atomic mass is 10.2. The van der Waals surface area contributed by atoms with Crippen molar-refractivity contribution in [2.45, 2.75) is 39.0 Å². The molecule has 0 saturated heterocycles. The quantitative estimate of drug-likeness (QED) is 0.429. The molecule has 0 amide bonds. The van der Waals surface area contributed by atoms with Crippen molar-refractivity contribution in [2.75, 3.05) is 12.8 Å². The highest BCUT2D eigenvalue weighted by molar-refractivity contribution is 7.81. The van der Waals surface area contributed by atoms with Gasteiger partial charge in [0.05, 0.1) is 0 Å². The van der Waals surface area contributed by atoms with Crippen molar-refractivity contribution in [3.8, 4) is 0 Å². The summed E-state index contributed by atoms with van der Waals surface area (Å²) >= 11 is 0. The largest absolute Gasteiger partial charge is 0.0877 e. The van der Waals surface area contributed by atoms with Gasteiger partial charge in [-0.05, 0) is 19.2 Å². The van der Waals surface area contributed by atoms with E-state index in [1.165, 1.54) is 38.3 Å². The third-order valence-electron chi connectivity index (χ3n) is 2.71. The van der Waals surface area contributed by atoms with Gasteiger partial charge in [0.15, 0.2) is 0 Å². The summed E-state index contributed by atoms with van der Waals surface area (Å²) in [5.74, 6) is 4.87. The van der Waals surface area contributed by atoms with Crippen molar-refractivity contribution >= 4 is 7.26 Å². The summed E-state index contributed by atoms with van der Waals surface area (Å²) < 4.78 is 0. The van der Waals surface area contributed by atoms with E-state index in [9.17, 15) is 0 Å². The van der Waals surface area contributed by atoms with Crippen LogP contribution in [0.1, 0.15) is 39.0 Å². The summed E-state index contributed by atoms with van der Waals surface area (Å²) in [4.78, 5) is 0. The summed E-state index contributed by atoms with van der Waals surface area (Å²) in [6, 6.07) is 0. The Kier molecular flexibility index (Phi) is 4.73. The maximum Gasteiger partial charge on any atom is -0.0297 e. The molecule has 1 radical (unpaired) electrons. The van der Waals surface area contributed by atoms with Gasteiger partial charge in [-0.3, -0.25) is 0 Å². The van der Waals surface area contributed by atoms with E-state index in [2.05, 4.69) is 37.4 Å². The fourth-order valence-electron chi connectivity index (χ4n) is 1.75. The zero-order chi connectivity index (χ0) is 9.57. The second kappa shape index (κ2) is 5.60. The van der Waals surface area contributed by atoms with Crippen LogP contribution in [0, 0.1) is 0 Å². The maximum atomic E-state index is 2.44. The predicted octanol–water partition coefficient (Wildman–Crippen LogP) is 4.65. The van der Waals surface area contributed by atoms with Gasteiger partial charge in [-0.1, -0.05) is 63.7 Å². The molecule has 75 valence electrons. The molecule has 13 heavy (non-hydrogen) atoms. The van der Waals surface area contributed by atoms with Crippen LogP contribution in [0.5, 0.6) is 0 Å². The fraction of sp³-hybridized carbons (Fsp3) is 0.667. The minimum atomic E-state index is -0.730. The van der Waals surface area contributed by atoms with Crippen LogP contribution in [0.15, 0.2) is 23.8 Å². The van der Waals surface area contributed by atoms with Crippen molar-refractivity contribution in [3.63, 3.8) is 0 Å². The van der Waals surface area contributed by atoms with Crippen molar-refractivity contribution in [3.05, 3.63) is 23.8 Å². The van der Waals surface area contributed by atoms with Crippen LogP contribution >= 0.6 is 7.26 Å². The molecule has 1 aliphatic heterocycles. The molecule has 0 atom stereocenters. The molecule has 0 N–H and O–H groups in total. The first-order valence-electron chi connectivity index (χ1n) is 5.49. The monoisotopic (exact) mass is 197 g/mol. The Balaban J connectivity index is 2.05. The van der Waals surface area contributed by atoms with E-state index in [1.807, 2.05) is 0 Å². The van der Waals surface area contributed by atoms with Gasteiger partial charge >= 0.3 is 0 Å². The molecule has 0 nitrogen and oxygen atoms in total. The molecule has 1 heteroatoms. The van der Waals surface area contributed by atoms with Gasteiger partial charge in [-0.15, -0.1) is 0 Å². The molecule has 0 aromatic rings. The molecule has 0 saturated carbocycles.